The first-order valence-corrected chi connectivity index (χ1v) is 7.05. The van der Waals surface area contributed by atoms with Crippen molar-refractivity contribution in [2.24, 2.45) is 0 Å². The molecule has 21 heavy (non-hydrogen) atoms. The van der Waals surface area contributed by atoms with Gasteiger partial charge in [-0.15, -0.1) is 0 Å². The summed E-state index contributed by atoms with van der Waals surface area (Å²) in [6.07, 6.45) is 3.31. The second kappa shape index (κ2) is 6.88. The maximum absolute atomic E-state index is 13.7. The number of hydrogen-bond donors (Lipinski definition) is 2. The molecule has 0 atom stereocenters. The Kier molecular flexibility index (Phi) is 4.93. The maximum atomic E-state index is 13.7. The fourth-order valence-corrected chi connectivity index (χ4v) is 2.05. The zero-order chi connectivity index (χ0) is 15.2. The van der Waals surface area contributed by atoms with Crippen LogP contribution in [-0.2, 0) is 6.42 Å². The van der Waals surface area contributed by atoms with Gasteiger partial charge in [-0.1, -0.05) is 25.5 Å². The minimum Gasteiger partial charge on any atom is -0.399 e. The van der Waals surface area contributed by atoms with Crippen LogP contribution in [-0.4, -0.2) is 5.91 Å². The number of halogens is 1. The molecule has 110 valence electrons. The largest absolute Gasteiger partial charge is 0.399 e. The molecule has 0 aliphatic rings. The number of carbonyl (C=O) groups is 1. The van der Waals surface area contributed by atoms with Crippen LogP contribution in [0.25, 0.3) is 0 Å². The average molecular weight is 286 g/mol. The number of anilines is 2. The van der Waals surface area contributed by atoms with E-state index >= 15 is 0 Å². The van der Waals surface area contributed by atoms with E-state index in [4.69, 9.17) is 5.73 Å². The molecule has 0 aliphatic carbocycles. The van der Waals surface area contributed by atoms with Crippen molar-refractivity contribution in [3.8, 4) is 0 Å². The summed E-state index contributed by atoms with van der Waals surface area (Å²) in [7, 11) is 0. The second-order valence-electron chi connectivity index (χ2n) is 4.99. The Morgan fingerprint density at radius 2 is 1.90 bits per heavy atom. The topological polar surface area (TPSA) is 55.1 Å². The number of nitrogens with one attached hydrogen (secondary N) is 1. The molecule has 3 nitrogen and oxygen atoms in total. The van der Waals surface area contributed by atoms with E-state index in [-0.39, 0.29) is 5.56 Å². The van der Waals surface area contributed by atoms with E-state index in [2.05, 4.69) is 12.2 Å². The lowest BCUT2D eigenvalue weighted by atomic mass is 10.1. The molecule has 0 saturated carbocycles. The molecule has 0 saturated heterocycles. The zero-order valence-electron chi connectivity index (χ0n) is 12.0. The van der Waals surface area contributed by atoms with Gasteiger partial charge in [0.05, 0.1) is 5.56 Å². The Morgan fingerprint density at radius 3 is 2.52 bits per heavy atom. The van der Waals surface area contributed by atoms with Gasteiger partial charge in [-0.2, -0.15) is 0 Å². The molecule has 0 aromatic heterocycles. The van der Waals surface area contributed by atoms with E-state index in [1.807, 2.05) is 24.3 Å². The van der Waals surface area contributed by atoms with Crippen molar-refractivity contribution in [1.82, 2.24) is 0 Å². The summed E-state index contributed by atoms with van der Waals surface area (Å²) in [4.78, 5) is 12.0. The molecule has 2 rings (SSSR count). The van der Waals surface area contributed by atoms with Gasteiger partial charge < -0.3 is 11.1 Å². The van der Waals surface area contributed by atoms with Crippen LogP contribution in [0, 0.1) is 5.82 Å². The zero-order valence-corrected chi connectivity index (χ0v) is 12.0. The number of amides is 1. The predicted molar refractivity (Wildman–Crippen MR) is 83.8 cm³/mol. The molecule has 0 heterocycles. The van der Waals surface area contributed by atoms with Crippen molar-refractivity contribution in [3.05, 3.63) is 59.4 Å². The molecule has 1 amide bonds. The lowest BCUT2D eigenvalue weighted by Gasteiger charge is -2.07. The number of nitrogen functional groups attached to an aromatic ring is 1. The van der Waals surface area contributed by atoms with E-state index in [1.165, 1.54) is 17.7 Å². The van der Waals surface area contributed by atoms with Crippen LogP contribution in [0.5, 0.6) is 0 Å². The van der Waals surface area contributed by atoms with E-state index in [0.29, 0.717) is 11.4 Å². The highest BCUT2D eigenvalue weighted by Crippen LogP contribution is 2.16. The van der Waals surface area contributed by atoms with Crippen LogP contribution in [0.4, 0.5) is 15.8 Å². The lowest BCUT2D eigenvalue weighted by Crippen LogP contribution is -2.13. The summed E-state index contributed by atoms with van der Waals surface area (Å²) in [5.41, 5.74) is 7.63. The highest BCUT2D eigenvalue weighted by molar-refractivity contribution is 6.04. The van der Waals surface area contributed by atoms with Crippen molar-refractivity contribution < 1.29 is 9.18 Å². The molecule has 0 radical (unpaired) electrons. The van der Waals surface area contributed by atoms with Gasteiger partial charge in [0.2, 0.25) is 0 Å². The highest BCUT2D eigenvalue weighted by atomic mass is 19.1. The molecule has 0 bridgehead atoms. The number of benzene rings is 2. The van der Waals surface area contributed by atoms with Gasteiger partial charge in [-0.3, -0.25) is 4.79 Å². The minimum atomic E-state index is -0.618. The van der Waals surface area contributed by atoms with Crippen LogP contribution in [0.3, 0.4) is 0 Å². The van der Waals surface area contributed by atoms with Crippen LogP contribution in [0.15, 0.2) is 42.5 Å². The van der Waals surface area contributed by atoms with E-state index in [1.54, 1.807) is 0 Å². The summed E-state index contributed by atoms with van der Waals surface area (Å²) < 4.78 is 13.7. The molecular weight excluding hydrogens is 267 g/mol. The van der Waals surface area contributed by atoms with Gasteiger partial charge in [0.25, 0.3) is 5.91 Å². The smallest absolute Gasteiger partial charge is 0.258 e. The van der Waals surface area contributed by atoms with Gasteiger partial charge >= 0.3 is 0 Å². The number of hydrogen-bond acceptors (Lipinski definition) is 2. The standard InChI is InChI=1S/C17H19FN2O/c1-2-3-4-12-5-8-14(9-6-12)20-17(21)15-10-7-13(19)11-16(15)18/h5-11H,2-4,19H2,1H3,(H,20,21). The Labute approximate surface area is 124 Å². The van der Waals surface area contributed by atoms with Gasteiger partial charge in [-0.05, 0) is 48.7 Å². The lowest BCUT2D eigenvalue weighted by molar-refractivity contribution is 0.102. The monoisotopic (exact) mass is 286 g/mol. The molecule has 2 aromatic rings. The van der Waals surface area contributed by atoms with Crippen LogP contribution >= 0.6 is 0 Å². The third-order valence-electron chi connectivity index (χ3n) is 3.27. The summed E-state index contributed by atoms with van der Waals surface area (Å²) >= 11 is 0. The minimum absolute atomic E-state index is 0.0146. The summed E-state index contributed by atoms with van der Waals surface area (Å²) in [5, 5.41) is 2.68. The predicted octanol–water partition coefficient (Wildman–Crippen LogP) is 4.00. The van der Waals surface area contributed by atoms with E-state index < -0.39 is 11.7 Å². The molecular formula is C17H19FN2O. The Bertz CT molecular complexity index is 623. The van der Waals surface area contributed by atoms with Gasteiger partial charge in [0, 0.05) is 11.4 Å². The third-order valence-corrected chi connectivity index (χ3v) is 3.27. The maximum Gasteiger partial charge on any atom is 0.258 e. The number of rotatable bonds is 5. The van der Waals surface area contributed by atoms with Crippen molar-refractivity contribution in [3.63, 3.8) is 0 Å². The van der Waals surface area contributed by atoms with E-state index in [0.717, 1.165) is 25.3 Å². The SMILES string of the molecule is CCCCc1ccc(NC(=O)c2ccc(N)cc2F)cc1. The molecule has 0 spiro atoms. The van der Waals surface area contributed by atoms with Crippen molar-refractivity contribution in [2.75, 3.05) is 11.1 Å². The summed E-state index contributed by atoms with van der Waals surface area (Å²) in [6, 6.07) is 11.6. The first-order chi connectivity index (χ1) is 10.1. The van der Waals surface area contributed by atoms with Gasteiger partial charge in [0.15, 0.2) is 0 Å². The van der Waals surface area contributed by atoms with E-state index in [9.17, 15) is 9.18 Å². The molecule has 3 N–H and O–H groups in total. The van der Waals surface area contributed by atoms with Crippen molar-refractivity contribution in [1.29, 1.82) is 0 Å². The third kappa shape index (κ3) is 4.05. The van der Waals surface area contributed by atoms with Crippen LogP contribution in [0.2, 0.25) is 0 Å². The number of unbranched alkanes of at least 4 members (excludes halogenated alkanes) is 1. The first kappa shape index (κ1) is 15.0. The second-order valence-corrected chi connectivity index (χ2v) is 4.99. The quantitative estimate of drug-likeness (QED) is 0.816. The van der Waals surface area contributed by atoms with Crippen molar-refractivity contribution >= 4 is 17.3 Å². The van der Waals surface area contributed by atoms with Crippen LogP contribution in [0.1, 0.15) is 35.7 Å². The fourth-order valence-electron chi connectivity index (χ4n) is 2.05. The Balaban J connectivity index is 2.05. The van der Waals surface area contributed by atoms with Gasteiger partial charge in [-0.25, -0.2) is 4.39 Å². The first-order valence-electron chi connectivity index (χ1n) is 7.05. The normalized spacial score (nSPS) is 10.4. The van der Waals surface area contributed by atoms with Gasteiger partial charge in [0.1, 0.15) is 5.82 Å². The molecule has 0 unspecified atom stereocenters. The molecule has 2 aromatic carbocycles. The van der Waals surface area contributed by atoms with Crippen molar-refractivity contribution in [2.45, 2.75) is 26.2 Å². The summed E-state index contributed by atoms with van der Waals surface area (Å²) in [5.74, 6) is -1.10. The van der Waals surface area contributed by atoms with Crippen LogP contribution < -0.4 is 11.1 Å². The highest BCUT2D eigenvalue weighted by Gasteiger charge is 2.11. The Hall–Kier alpha value is -2.36. The Morgan fingerprint density at radius 1 is 1.19 bits per heavy atom. The molecule has 4 heteroatoms. The fraction of sp³-hybridized carbons (Fsp3) is 0.235. The average Bonchev–Trinajstić information content (AvgIpc) is 2.46. The number of carbonyl (C=O) groups excluding carboxylic acids is 1. The summed E-state index contributed by atoms with van der Waals surface area (Å²) in [6.45, 7) is 2.15. The molecule has 0 aliphatic heterocycles. The number of aryl methyl sites for hydroxylation is 1. The number of nitrogens with two attached hydrogens (primary N) is 1. The molecule has 0 fully saturated rings.